The van der Waals surface area contributed by atoms with Crippen molar-refractivity contribution >= 4 is 22.4 Å². The first-order chi connectivity index (χ1) is 18.3. The molecule has 0 radical (unpaired) electrons. The van der Waals surface area contributed by atoms with E-state index in [1.165, 1.54) is 4.57 Å². The number of pyridine rings is 1. The zero-order valence-corrected chi connectivity index (χ0v) is 21.4. The first-order valence-electron chi connectivity index (χ1n) is 12.3. The summed E-state index contributed by atoms with van der Waals surface area (Å²) in [7, 11) is 3.38. The summed E-state index contributed by atoms with van der Waals surface area (Å²) < 4.78 is 4.69. The summed E-state index contributed by atoms with van der Waals surface area (Å²) in [5.74, 6) is -0.852. The molecule has 0 bridgehead atoms. The maximum absolute atomic E-state index is 13.6. The van der Waals surface area contributed by atoms with E-state index in [2.05, 4.69) is 5.32 Å². The molecule has 0 saturated heterocycles. The lowest BCUT2D eigenvalue weighted by atomic mass is 9.96. The molecule has 38 heavy (non-hydrogen) atoms. The molecule has 8 nitrogen and oxygen atoms in total. The van der Waals surface area contributed by atoms with Crippen molar-refractivity contribution in [2.24, 2.45) is 14.1 Å². The highest BCUT2D eigenvalue weighted by Crippen LogP contribution is 2.30. The van der Waals surface area contributed by atoms with Crippen LogP contribution in [0.25, 0.3) is 16.6 Å². The van der Waals surface area contributed by atoms with Gasteiger partial charge in [-0.25, -0.2) is 4.68 Å². The van der Waals surface area contributed by atoms with E-state index in [1.807, 2.05) is 67.6 Å². The van der Waals surface area contributed by atoms with Gasteiger partial charge in [-0.2, -0.15) is 0 Å². The van der Waals surface area contributed by atoms with Crippen LogP contribution in [-0.2, 0) is 14.1 Å². The van der Waals surface area contributed by atoms with E-state index in [9.17, 15) is 19.5 Å². The fourth-order valence-corrected chi connectivity index (χ4v) is 4.86. The number of hydrogen-bond acceptors (Lipinski definition) is 5. The lowest BCUT2D eigenvalue weighted by Gasteiger charge is -2.20. The maximum Gasteiger partial charge on any atom is 0.295 e. The Morgan fingerprint density at radius 3 is 2.16 bits per heavy atom. The lowest BCUT2D eigenvalue weighted by molar-refractivity contribution is 0.0972. The molecule has 2 aromatic heterocycles. The Morgan fingerprint density at radius 2 is 1.47 bits per heavy atom. The van der Waals surface area contributed by atoms with Gasteiger partial charge >= 0.3 is 0 Å². The zero-order valence-electron chi connectivity index (χ0n) is 21.4. The average Bonchev–Trinajstić information content (AvgIpc) is 3.15. The molecule has 0 aliphatic heterocycles. The standard InChI is InChI=1S/C30H28N4O4/c1-19-27(30(38)34(33(19)3)21-14-8-5-9-15-21)31-23(20-12-6-4-7-13-20)18-25(35)26-28(36)22-16-10-11-17-24(22)32(2)29(26)37/h4-17,23,31,36H,18H2,1-3H3. The lowest BCUT2D eigenvalue weighted by Crippen LogP contribution is -2.27. The van der Waals surface area contributed by atoms with Crippen molar-refractivity contribution in [2.45, 2.75) is 19.4 Å². The van der Waals surface area contributed by atoms with E-state index >= 15 is 0 Å². The van der Waals surface area contributed by atoms with Crippen LogP contribution < -0.4 is 16.4 Å². The quantitative estimate of drug-likeness (QED) is 0.316. The molecule has 5 rings (SSSR count). The average molecular weight is 509 g/mol. The largest absolute Gasteiger partial charge is 0.506 e. The Bertz CT molecular complexity index is 1770. The number of ketones is 1. The predicted octanol–water partition coefficient (Wildman–Crippen LogP) is 4.47. The smallest absolute Gasteiger partial charge is 0.295 e. The number of carbonyl (C=O) groups excluding carboxylic acids is 1. The highest BCUT2D eigenvalue weighted by atomic mass is 16.3. The number of aromatic nitrogens is 3. The third-order valence-electron chi connectivity index (χ3n) is 7.02. The minimum atomic E-state index is -0.628. The second-order valence-corrected chi connectivity index (χ2v) is 9.28. The number of nitrogens with zero attached hydrogens (tertiary/aromatic N) is 3. The van der Waals surface area contributed by atoms with Gasteiger partial charge in [-0.1, -0.05) is 60.7 Å². The van der Waals surface area contributed by atoms with Gasteiger partial charge in [-0.15, -0.1) is 0 Å². The third kappa shape index (κ3) is 4.20. The zero-order chi connectivity index (χ0) is 27.0. The number of rotatable bonds is 7. The van der Waals surface area contributed by atoms with Crippen LogP contribution >= 0.6 is 0 Å². The highest BCUT2D eigenvalue weighted by molar-refractivity contribution is 6.03. The Kier molecular flexibility index (Phi) is 6.46. The summed E-state index contributed by atoms with van der Waals surface area (Å²) >= 11 is 0. The van der Waals surface area contributed by atoms with Crippen LogP contribution in [0.1, 0.15) is 34.1 Å². The van der Waals surface area contributed by atoms with Gasteiger partial charge in [-0.3, -0.25) is 19.1 Å². The van der Waals surface area contributed by atoms with Gasteiger partial charge in [-0.05, 0) is 36.8 Å². The molecule has 2 N–H and O–H groups in total. The fraction of sp³-hybridized carbons (Fsp3) is 0.167. The number of benzene rings is 3. The summed E-state index contributed by atoms with van der Waals surface area (Å²) in [5, 5.41) is 14.7. The van der Waals surface area contributed by atoms with E-state index in [0.717, 1.165) is 5.56 Å². The number of anilines is 1. The Hall–Kier alpha value is -4.85. The molecule has 0 fully saturated rings. The van der Waals surface area contributed by atoms with E-state index in [0.29, 0.717) is 28.0 Å². The van der Waals surface area contributed by atoms with Crippen molar-refractivity contribution in [2.75, 3.05) is 5.32 Å². The minimum absolute atomic E-state index is 0.149. The molecule has 0 spiro atoms. The van der Waals surface area contributed by atoms with Crippen molar-refractivity contribution in [3.8, 4) is 11.4 Å². The van der Waals surface area contributed by atoms with Crippen molar-refractivity contribution in [1.82, 2.24) is 13.9 Å². The monoisotopic (exact) mass is 508 g/mol. The number of aromatic hydroxyl groups is 1. The van der Waals surface area contributed by atoms with E-state index in [4.69, 9.17) is 0 Å². The molecule has 3 aromatic carbocycles. The van der Waals surface area contributed by atoms with Crippen LogP contribution in [0.4, 0.5) is 5.69 Å². The van der Waals surface area contributed by atoms with Crippen molar-refractivity contribution in [1.29, 1.82) is 0 Å². The molecule has 0 amide bonds. The molecule has 0 saturated carbocycles. The highest BCUT2D eigenvalue weighted by Gasteiger charge is 2.27. The second-order valence-electron chi connectivity index (χ2n) is 9.28. The predicted molar refractivity (Wildman–Crippen MR) is 148 cm³/mol. The van der Waals surface area contributed by atoms with E-state index < -0.39 is 17.4 Å². The van der Waals surface area contributed by atoms with Crippen molar-refractivity contribution < 1.29 is 9.90 Å². The number of nitrogens with one attached hydrogen (secondary N) is 1. The summed E-state index contributed by atoms with van der Waals surface area (Å²) in [5.41, 5.74) is 1.98. The van der Waals surface area contributed by atoms with Gasteiger partial charge in [0.25, 0.3) is 11.1 Å². The number of carbonyl (C=O) groups is 1. The Labute approximate surface area is 219 Å². The van der Waals surface area contributed by atoms with E-state index in [-0.39, 0.29) is 23.3 Å². The van der Waals surface area contributed by atoms with Crippen molar-refractivity contribution in [3.63, 3.8) is 0 Å². The number of fused-ring (bicyclic) bond motifs is 1. The van der Waals surface area contributed by atoms with Gasteiger partial charge in [0.1, 0.15) is 17.0 Å². The van der Waals surface area contributed by atoms with Crippen molar-refractivity contribution in [3.05, 3.63) is 122 Å². The van der Waals surface area contributed by atoms with Gasteiger partial charge in [0.2, 0.25) is 0 Å². The van der Waals surface area contributed by atoms with Crippen LogP contribution in [0, 0.1) is 6.92 Å². The van der Waals surface area contributed by atoms with Gasteiger partial charge in [0.15, 0.2) is 5.78 Å². The topological polar surface area (TPSA) is 98.3 Å². The minimum Gasteiger partial charge on any atom is -0.506 e. The molecule has 8 heteroatoms. The summed E-state index contributed by atoms with van der Waals surface area (Å²) in [4.78, 5) is 40.3. The Morgan fingerprint density at radius 1 is 0.868 bits per heavy atom. The third-order valence-corrected chi connectivity index (χ3v) is 7.02. The summed E-state index contributed by atoms with van der Waals surface area (Å²) in [6.07, 6.45) is -0.149. The number of para-hydroxylation sites is 2. The summed E-state index contributed by atoms with van der Waals surface area (Å²) in [6, 6.07) is 24.8. The van der Waals surface area contributed by atoms with Crippen LogP contribution in [-0.4, -0.2) is 24.8 Å². The molecule has 0 aliphatic rings. The van der Waals surface area contributed by atoms with Gasteiger partial charge in [0, 0.05) is 25.9 Å². The first kappa shape index (κ1) is 24.8. The Balaban J connectivity index is 1.57. The van der Waals surface area contributed by atoms with E-state index in [1.54, 1.807) is 47.7 Å². The summed E-state index contributed by atoms with van der Waals surface area (Å²) in [6.45, 7) is 1.83. The van der Waals surface area contributed by atoms with Crippen LogP contribution in [0.3, 0.4) is 0 Å². The molecule has 5 aromatic rings. The number of Topliss-reactive ketones (excluding diaryl/α,β-unsaturated/α-hetero) is 1. The van der Waals surface area contributed by atoms with Gasteiger partial charge in [0.05, 0.1) is 22.9 Å². The molecular formula is C30H28N4O4. The first-order valence-corrected chi connectivity index (χ1v) is 12.3. The molecule has 2 heterocycles. The molecule has 0 aliphatic carbocycles. The van der Waals surface area contributed by atoms with Crippen LogP contribution in [0.15, 0.2) is 94.5 Å². The second kappa shape index (κ2) is 9.89. The SMILES string of the molecule is Cc1c(NC(CC(=O)c2c(O)c3ccccc3n(C)c2=O)c2ccccc2)c(=O)n(-c2ccccc2)n1C. The maximum atomic E-state index is 13.6. The normalized spacial score (nSPS) is 12.0. The molecule has 192 valence electrons. The van der Waals surface area contributed by atoms with Gasteiger partial charge < -0.3 is 15.0 Å². The number of hydrogen-bond donors (Lipinski definition) is 2. The van der Waals surface area contributed by atoms with Crippen LogP contribution in [0.2, 0.25) is 0 Å². The van der Waals surface area contributed by atoms with Crippen LogP contribution in [0.5, 0.6) is 5.75 Å². The molecule has 1 unspecified atom stereocenters. The molecule has 1 atom stereocenters. The number of aryl methyl sites for hydroxylation is 1. The fourth-order valence-electron chi connectivity index (χ4n) is 4.86. The molecular weight excluding hydrogens is 480 g/mol.